The van der Waals surface area contributed by atoms with Crippen molar-refractivity contribution in [3.63, 3.8) is 0 Å². The number of benzene rings is 3. The molecule has 0 saturated carbocycles. The van der Waals surface area contributed by atoms with Crippen molar-refractivity contribution in [3.8, 4) is 0 Å². The number of hydrogen-bond donors (Lipinski definition) is 1. The summed E-state index contributed by atoms with van der Waals surface area (Å²) in [6, 6.07) is 28.8. The van der Waals surface area contributed by atoms with E-state index >= 15 is 0 Å². The van der Waals surface area contributed by atoms with Crippen LogP contribution in [0.3, 0.4) is 0 Å². The summed E-state index contributed by atoms with van der Waals surface area (Å²) in [5.41, 5.74) is 4.52. The molecule has 3 rings (SSSR count). The monoisotopic (exact) mass is 332 g/mol. The first-order chi connectivity index (χ1) is 11.7. The standard InChI is InChI=1S/C21H20N2S/c1-17-12-14-19(15-13-17)22-21(24)23(20-10-6-3-7-11-20)16-18-8-4-2-5-9-18/h2-15H,16H2,1H3,(H,22,24). The van der Waals surface area contributed by atoms with Crippen LogP contribution in [0.4, 0.5) is 11.4 Å². The van der Waals surface area contributed by atoms with Crippen molar-refractivity contribution in [2.24, 2.45) is 0 Å². The molecule has 0 aliphatic heterocycles. The van der Waals surface area contributed by atoms with Gasteiger partial charge in [0, 0.05) is 11.4 Å². The summed E-state index contributed by atoms with van der Waals surface area (Å²) in [4.78, 5) is 2.12. The van der Waals surface area contributed by atoms with Crippen LogP contribution in [0.25, 0.3) is 0 Å². The van der Waals surface area contributed by atoms with Crippen LogP contribution in [0, 0.1) is 6.92 Å². The maximum Gasteiger partial charge on any atom is 0.178 e. The van der Waals surface area contributed by atoms with Crippen molar-refractivity contribution < 1.29 is 0 Å². The molecule has 2 nitrogen and oxygen atoms in total. The van der Waals surface area contributed by atoms with Crippen LogP contribution in [-0.4, -0.2) is 5.11 Å². The van der Waals surface area contributed by atoms with Crippen LogP contribution >= 0.6 is 12.2 Å². The highest BCUT2D eigenvalue weighted by molar-refractivity contribution is 7.80. The fraction of sp³-hybridized carbons (Fsp3) is 0.0952. The van der Waals surface area contributed by atoms with Crippen molar-refractivity contribution in [1.82, 2.24) is 0 Å². The highest BCUT2D eigenvalue weighted by Gasteiger charge is 2.13. The van der Waals surface area contributed by atoms with E-state index in [4.69, 9.17) is 12.2 Å². The predicted molar refractivity (Wildman–Crippen MR) is 106 cm³/mol. The highest BCUT2D eigenvalue weighted by Crippen LogP contribution is 2.19. The van der Waals surface area contributed by atoms with E-state index in [0.717, 1.165) is 17.9 Å². The first-order valence-electron chi connectivity index (χ1n) is 7.96. The van der Waals surface area contributed by atoms with E-state index in [1.54, 1.807) is 0 Å². The molecule has 0 radical (unpaired) electrons. The van der Waals surface area contributed by atoms with Crippen LogP contribution < -0.4 is 10.2 Å². The molecule has 0 atom stereocenters. The first-order valence-corrected chi connectivity index (χ1v) is 8.37. The zero-order valence-corrected chi connectivity index (χ0v) is 14.5. The molecule has 0 spiro atoms. The number of nitrogens with one attached hydrogen (secondary N) is 1. The Bertz CT molecular complexity index is 783. The fourth-order valence-electron chi connectivity index (χ4n) is 2.48. The van der Waals surface area contributed by atoms with E-state index < -0.39 is 0 Å². The maximum absolute atomic E-state index is 5.69. The van der Waals surface area contributed by atoms with Crippen molar-refractivity contribution in [3.05, 3.63) is 96.1 Å². The van der Waals surface area contributed by atoms with Gasteiger partial charge in [-0.25, -0.2) is 0 Å². The third kappa shape index (κ3) is 4.21. The molecular formula is C21H20N2S. The lowest BCUT2D eigenvalue weighted by Gasteiger charge is -2.26. The number of rotatable bonds is 4. The zero-order valence-electron chi connectivity index (χ0n) is 13.6. The van der Waals surface area contributed by atoms with Gasteiger partial charge in [-0.05, 0) is 49.0 Å². The van der Waals surface area contributed by atoms with Crippen molar-refractivity contribution in [1.29, 1.82) is 0 Å². The second kappa shape index (κ2) is 7.75. The summed E-state index contributed by atoms with van der Waals surface area (Å²) >= 11 is 5.69. The van der Waals surface area contributed by atoms with E-state index in [0.29, 0.717) is 5.11 Å². The normalized spacial score (nSPS) is 10.2. The molecule has 0 saturated heterocycles. The Balaban J connectivity index is 1.83. The van der Waals surface area contributed by atoms with Crippen LogP contribution in [0.15, 0.2) is 84.9 Å². The maximum atomic E-state index is 5.69. The van der Waals surface area contributed by atoms with Gasteiger partial charge in [0.1, 0.15) is 0 Å². The van der Waals surface area contributed by atoms with Crippen molar-refractivity contribution in [2.75, 3.05) is 10.2 Å². The molecule has 0 fully saturated rings. The molecule has 3 aromatic carbocycles. The summed E-state index contributed by atoms with van der Waals surface area (Å²) < 4.78 is 0. The molecule has 3 aromatic rings. The SMILES string of the molecule is Cc1ccc(NC(=S)N(Cc2ccccc2)c2ccccc2)cc1. The zero-order chi connectivity index (χ0) is 16.8. The Hall–Kier alpha value is -2.65. The molecule has 0 aliphatic carbocycles. The second-order valence-electron chi connectivity index (χ2n) is 5.70. The van der Waals surface area contributed by atoms with Crippen molar-refractivity contribution >= 4 is 28.7 Å². The Labute approximate surface area is 148 Å². The quantitative estimate of drug-likeness (QED) is 0.644. The summed E-state index contributed by atoms with van der Waals surface area (Å²) in [6.07, 6.45) is 0. The molecular weight excluding hydrogens is 312 g/mol. The van der Waals surface area contributed by atoms with Gasteiger partial charge in [-0.15, -0.1) is 0 Å². The topological polar surface area (TPSA) is 15.3 Å². The van der Waals surface area contributed by atoms with Gasteiger partial charge >= 0.3 is 0 Å². The predicted octanol–water partition coefficient (Wildman–Crippen LogP) is 5.40. The first kappa shape index (κ1) is 16.2. The molecule has 0 bridgehead atoms. The van der Waals surface area contributed by atoms with Gasteiger partial charge in [-0.2, -0.15) is 0 Å². The number of nitrogens with zero attached hydrogens (tertiary/aromatic N) is 1. The number of hydrogen-bond acceptors (Lipinski definition) is 1. The summed E-state index contributed by atoms with van der Waals surface area (Å²) in [7, 11) is 0. The summed E-state index contributed by atoms with van der Waals surface area (Å²) in [6.45, 7) is 2.80. The molecule has 0 heterocycles. The minimum atomic E-state index is 0.689. The largest absolute Gasteiger partial charge is 0.332 e. The van der Waals surface area contributed by atoms with E-state index in [-0.39, 0.29) is 0 Å². The number of thiocarbonyl (C=S) groups is 1. The van der Waals surface area contributed by atoms with Gasteiger partial charge in [0.15, 0.2) is 5.11 Å². The number of anilines is 2. The third-order valence-corrected chi connectivity index (χ3v) is 4.12. The molecule has 24 heavy (non-hydrogen) atoms. The average Bonchev–Trinajstić information content (AvgIpc) is 2.63. The van der Waals surface area contributed by atoms with Gasteiger partial charge in [0.2, 0.25) is 0 Å². The van der Waals surface area contributed by atoms with Crippen LogP contribution in [0.5, 0.6) is 0 Å². The molecule has 120 valence electrons. The molecule has 0 aromatic heterocycles. The molecule has 0 unspecified atom stereocenters. The Morgan fingerprint density at radius 1 is 0.833 bits per heavy atom. The number of aryl methyl sites for hydroxylation is 1. The summed E-state index contributed by atoms with van der Waals surface area (Å²) in [5, 5.41) is 4.03. The molecule has 3 heteroatoms. The number of para-hydroxylation sites is 1. The van der Waals surface area contributed by atoms with E-state index in [2.05, 4.69) is 65.7 Å². The minimum Gasteiger partial charge on any atom is -0.332 e. The third-order valence-electron chi connectivity index (χ3n) is 3.80. The van der Waals surface area contributed by atoms with E-state index in [1.807, 2.05) is 36.4 Å². The second-order valence-corrected chi connectivity index (χ2v) is 6.09. The summed E-state index contributed by atoms with van der Waals surface area (Å²) in [5.74, 6) is 0. The van der Waals surface area contributed by atoms with Crippen LogP contribution in [0.2, 0.25) is 0 Å². The average molecular weight is 332 g/mol. The van der Waals surface area contributed by atoms with Crippen molar-refractivity contribution in [2.45, 2.75) is 13.5 Å². The lowest BCUT2D eigenvalue weighted by atomic mass is 10.2. The Morgan fingerprint density at radius 3 is 2.04 bits per heavy atom. The fourth-order valence-corrected chi connectivity index (χ4v) is 2.77. The highest BCUT2D eigenvalue weighted by atomic mass is 32.1. The van der Waals surface area contributed by atoms with Gasteiger partial charge < -0.3 is 10.2 Å². The molecule has 0 aliphatic rings. The van der Waals surface area contributed by atoms with Gasteiger partial charge in [-0.1, -0.05) is 66.2 Å². The molecule has 0 amide bonds. The Kier molecular flexibility index (Phi) is 5.24. The Morgan fingerprint density at radius 2 is 1.42 bits per heavy atom. The smallest absolute Gasteiger partial charge is 0.178 e. The van der Waals surface area contributed by atoms with E-state index in [9.17, 15) is 0 Å². The van der Waals surface area contributed by atoms with Gasteiger partial charge in [0.25, 0.3) is 0 Å². The molecule has 1 N–H and O–H groups in total. The lowest BCUT2D eigenvalue weighted by molar-refractivity contribution is 1.01. The van der Waals surface area contributed by atoms with E-state index in [1.165, 1.54) is 11.1 Å². The lowest BCUT2D eigenvalue weighted by Crippen LogP contribution is -2.34. The van der Waals surface area contributed by atoms with Gasteiger partial charge in [0.05, 0.1) is 6.54 Å². The van der Waals surface area contributed by atoms with Crippen LogP contribution in [-0.2, 0) is 6.54 Å². The minimum absolute atomic E-state index is 0.689. The van der Waals surface area contributed by atoms with Gasteiger partial charge in [-0.3, -0.25) is 0 Å². The van der Waals surface area contributed by atoms with Crippen LogP contribution in [0.1, 0.15) is 11.1 Å².